The molecule has 1 amide bonds. The van der Waals surface area contributed by atoms with Crippen LogP contribution in [0.25, 0.3) is 0 Å². The van der Waals surface area contributed by atoms with Crippen molar-refractivity contribution in [3.63, 3.8) is 0 Å². The quantitative estimate of drug-likeness (QED) is 0.885. The average Bonchev–Trinajstić information content (AvgIpc) is 2.61. The van der Waals surface area contributed by atoms with E-state index in [1.54, 1.807) is 7.11 Å². The minimum atomic E-state index is -0.225. The monoisotopic (exact) mass is 324 g/mol. The molecule has 1 heterocycles. The summed E-state index contributed by atoms with van der Waals surface area (Å²) in [5.41, 5.74) is 9.20. The molecule has 3 rings (SSSR count). The van der Waals surface area contributed by atoms with E-state index in [2.05, 4.69) is 41.3 Å². The second kappa shape index (κ2) is 7.39. The molecule has 0 saturated carbocycles. The van der Waals surface area contributed by atoms with Crippen LogP contribution in [0, 0.1) is 0 Å². The number of carbonyl (C=O) groups excluding carboxylic acids is 1. The van der Waals surface area contributed by atoms with Gasteiger partial charge < -0.3 is 15.4 Å². The number of para-hydroxylation sites is 1. The number of carbonyl (C=O) groups is 1. The SMILES string of the molecule is COc1ccc2c(c1)C(CCCC(N)=O)CN(c1ccccc1)C2. The van der Waals surface area contributed by atoms with Crippen LogP contribution in [-0.2, 0) is 11.3 Å². The summed E-state index contributed by atoms with van der Waals surface area (Å²) in [5, 5.41) is 0. The highest BCUT2D eigenvalue weighted by molar-refractivity contribution is 5.73. The standard InChI is InChI=1S/C20H24N2O2/c1-24-18-11-10-16-14-22(17-7-3-2-4-8-17)13-15(19(16)12-18)6-5-9-20(21)23/h2-4,7-8,10-12,15H,5-6,9,13-14H2,1H3,(H2,21,23). The number of hydrogen-bond acceptors (Lipinski definition) is 3. The fourth-order valence-electron chi connectivity index (χ4n) is 3.46. The van der Waals surface area contributed by atoms with Gasteiger partial charge in [0, 0.05) is 31.1 Å². The maximum Gasteiger partial charge on any atom is 0.217 e. The summed E-state index contributed by atoms with van der Waals surface area (Å²) in [6.07, 6.45) is 2.22. The Morgan fingerprint density at radius 3 is 2.75 bits per heavy atom. The number of ether oxygens (including phenoxy) is 1. The van der Waals surface area contributed by atoms with Crippen LogP contribution < -0.4 is 15.4 Å². The number of anilines is 1. The maximum absolute atomic E-state index is 11.1. The molecule has 0 aliphatic carbocycles. The molecule has 1 aliphatic rings. The Kier molecular flexibility index (Phi) is 5.04. The van der Waals surface area contributed by atoms with Crippen LogP contribution in [0.2, 0.25) is 0 Å². The van der Waals surface area contributed by atoms with E-state index < -0.39 is 0 Å². The van der Waals surface area contributed by atoms with Gasteiger partial charge in [0.1, 0.15) is 5.75 Å². The number of nitrogens with zero attached hydrogens (tertiary/aromatic N) is 1. The van der Waals surface area contributed by atoms with E-state index in [0.717, 1.165) is 31.7 Å². The lowest BCUT2D eigenvalue weighted by molar-refractivity contribution is -0.118. The van der Waals surface area contributed by atoms with Crippen LogP contribution >= 0.6 is 0 Å². The average molecular weight is 324 g/mol. The van der Waals surface area contributed by atoms with Gasteiger partial charge in [0.25, 0.3) is 0 Å². The Balaban J connectivity index is 1.85. The third-order valence-electron chi connectivity index (χ3n) is 4.69. The molecule has 0 bridgehead atoms. The second-order valence-electron chi connectivity index (χ2n) is 6.34. The molecule has 24 heavy (non-hydrogen) atoms. The molecule has 1 atom stereocenters. The number of fused-ring (bicyclic) bond motifs is 1. The van der Waals surface area contributed by atoms with Crippen LogP contribution in [0.3, 0.4) is 0 Å². The first kappa shape index (κ1) is 16.4. The van der Waals surface area contributed by atoms with Crippen molar-refractivity contribution in [3.05, 3.63) is 59.7 Å². The smallest absolute Gasteiger partial charge is 0.217 e. The van der Waals surface area contributed by atoms with Gasteiger partial charge in [0.15, 0.2) is 0 Å². The van der Waals surface area contributed by atoms with Gasteiger partial charge >= 0.3 is 0 Å². The molecule has 4 nitrogen and oxygen atoms in total. The maximum atomic E-state index is 11.1. The van der Waals surface area contributed by atoms with Gasteiger partial charge in [-0.2, -0.15) is 0 Å². The van der Waals surface area contributed by atoms with E-state index in [1.165, 1.54) is 16.8 Å². The Morgan fingerprint density at radius 2 is 2.04 bits per heavy atom. The predicted molar refractivity (Wildman–Crippen MR) is 96.3 cm³/mol. The Hall–Kier alpha value is -2.49. The van der Waals surface area contributed by atoms with Crippen molar-refractivity contribution in [1.82, 2.24) is 0 Å². The van der Waals surface area contributed by atoms with Gasteiger partial charge in [-0.3, -0.25) is 4.79 Å². The Bertz CT molecular complexity index is 700. The lowest BCUT2D eigenvalue weighted by Crippen LogP contribution is -2.33. The lowest BCUT2D eigenvalue weighted by Gasteiger charge is -2.36. The van der Waals surface area contributed by atoms with Crippen molar-refractivity contribution in [3.8, 4) is 5.75 Å². The minimum absolute atomic E-state index is 0.225. The highest BCUT2D eigenvalue weighted by Crippen LogP contribution is 2.36. The van der Waals surface area contributed by atoms with Gasteiger partial charge in [0.05, 0.1) is 7.11 Å². The zero-order valence-electron chi connectivity index (χ0n) is 14.1. The van der Waals surface area contributed by atoms with Crippen molar-refractivity contribution in [2.24, 2.45) is 5.73 Å². The van der Waals surface area contributed by atoms with Gasteiger partial charge in [-0.1, -0.05) is 24.3 Å². The molecule has 0 aromatic heterocycles. The third kappa shape index (κ3) is 3.70. The van der Waals surface area contributed by atoms with Crippen LogP contribution in [-0.4, -0.2) is 19.6 Å². The summed E-state index contributed by atoms with van der Waals surface area (Å²) in [6.45, 7) is 1.85. The fourth-order valence-corrected chi connectivity index (χ4v) is 3.46. The molecule has 126 valence electrons. The van der Waals surface area contributed by atoms with E-state index >= 15 is 0 Å². The Morgan fingerprint density at radius 1 is 1.25 bits per heavy atom. The molecule has 1 aliphatic heterocycles. The largest absolute Gasteiger partial charge is 0.497 e. The first-order chi connectivity index (χ1) is 11.7. The van der Waals surface area contributed by atoms with Crippen LogP contribution in [0.5, 0.6) is 5.75 Å². The van der Waals surface area contributed by atoms with E-state index in [0.29, 0.717) is 12.3 Å². The van der Waals surface area contributed by atoms with Crippen LogP contribution in [0.4, 0.5) is 5.69 Å². The third-order valence-corrected chi connectivity index (χ3v) is 4.69. The van der Waals surface area contributed by atoms with Gasteiger partial charge in [0.2, 0.25) is 5.91 Å². The highest BCUT2D eigenvalue weighted by atomic mass is 16.5. The topological polar surface area (TPSA) is 55.6 Å². The van der Waals surface area contributed by atoms with Crippen molar-refractivity contribution >= 4 is 11.6 Å². The van der Waals surface area contributed by atoms with Gasteiger partial charge in [-0.05, 0) is 48.2 Å². The number of benzene rings is 2. The summed E-state index contributed by atoms with van der Waals surface area (Å²) >= 11 is 0. The molecule has 1 unspecified atom stereocenters. The summed E-state index contributed by atoms with van der Waals surface area (Å²) in [6, 6.07) is 16.8. The molecule has 0 spiro atoms. The normalized spacial score (nSPS) is 16.5. The molecule has 2 aromatic rings. The zero-order chi connectivity index (χ0) is 16.9. The second-order valence-corrected chi connectivity index (χ2v) is 6.34. The summed E-state index contributed by atoms with van der Waals surface area (Å²) in [7, 11) is 1.70. The van der Waals surface area contributed by atoms with Crippen LogP contribution in [0.15, 0.2) is 48.5 Å². The van der Waals surface area contributed by atoms with E-state index in [9.17, 15) is 4.79 Å². The Labute approximate surface area is 143 Å². The van der Waals surface area contributed by atoms with Crippen molar-refractivity contribution in [1.29, 1.82) is 0 Å². The first-order valence-corrected chi connectivity index (χ1v) is 8.42. The van der Waals surface area contributed by atoms with E-state index in [4.69, 9.17) is 10.5 Å². The lowest BCUT2D eigenvalue weighted by atomic mass is 9.85. The molecule has 2 aromatic carbocycles. The van der Waals surface area contributed by atoms with Crippen LogP contribution in [0.1, 0.15) is 36.3 Å². The number of amides is 1. The summed E-state index contributed by atoms with van der Waals surface area (Å²) in [5.74, 6) is 1.04. The van der Waals surface area contributed by atoms with Gasteiger partial charge in [-0.25, -0.2) is 0 Å². The number of hydrogen-bond donors (Lipinski definition) is 1. The van der Waals surface area contributed by atoms with Crippen molar-refractivity contribution in [2.75, 3.05) is 18.6 Å². The number of primary amides is 1. The van der Waals surface area contributed by atoms with E-state index in [-0.39, 0.29) is 5.91 Å². The minimum Gasteiger partial charge on any atom is -0.497 e. The zero-order valence-corrected chi connectivity index (χ0v) is 14.1. The van der Waals surface area contributed by atoms with E-state index in [1.807, 2.05) is 12.1 Å². The summed E-state index contributed by atoms with van der Waals surface area (Å²) in [4.78, 5) is 13.5. The molecular weight excluding hydrogens is 300 g/mol. The summed E-state index contributed by atoms with van der Waals surface area (Å²) < 4.78 is 5.40. The molecule has 0 fully saturated rings. The fraction of sp³-hybridized carbons (Fsp3) is 0.350. The number of rotatable bonds is 6. The molecule has 4 heteroatoms. The molecule has 2 N–H and O–H groups in total. The first-order valence-electron chi connectivity index (χ1n) is 8.42. The van der Waals surface area contributed by atoms with Crippen molar-refractivity contribution in [2.45, 2.75) is 31.7 Å². The number of nitrogens with two attached hydrogens (primary N) is 1. The highest BCUT2D eigenvalue weighted by Gasteiger charge is 2.25. The number of methoxy groups -OCH3 is 1. The molecule has 0 radical (unpaired) electrons. The van der Waals surface area contributed by atoms with Crippen molar-refractivity contribution < 1.29 is 9.53 Å². The molecular formula is C20H24N2O2. The molecule has 0 saturated heterocycles. The predicted octanol–water partition coefficient (Wildman–Crippen LogP) is 3.45. The van der Waals surface area contributed by atoms with Gasteiger partial charge in [-0.15, -0.1) is 0 Å².